The van der Waals surface area contributed by atoms with E-state index in [4.69, 9.17) is 0 Å². The average molecular weight is 258 g/mol. The molecule has 0 bridgehead atoms. The van der Waals surface area contributed by atoms with Crippen molar-refractivity contribution < 1.29 is 5.11 Å². The van der Waals surface area contributed by atoms with Gasteiger partial charge in [0, 0.05) is 19.9 Å². The summed E-state index contributed by atoms with van der Waals surface area (Å²) in [6.45, 7) is 2.35. The van der Waals surface area contributed by atoms with Crippen LogP contribution in [0.1, 0.15) is 23.1 Å². The van der Waals surface area contributed by atoms with Gasteiger partial charge in [0.1, 0.15) is 0 Å². The van der Waals surface area contributed by atoms with Crippen LogP contribution < -0.4 is 0 Å². The molecule has 3 nitrogen and oxygen atoms in total. The standard InChI is InChI=1S/C16H22N2O/c1-13-4-3-5-14(8-13)9-15(12-19)6-7-16-10-17-18(2)11-16/h3-5,8,10-11,15,19H,6-7,9,12H2,1-2H3. The van der Waals surface area contributed by atoms with E-state index in [2.05, 4.69) is 36.3 Å². The lowest BCUT2D eigenvalue weighted by molar-refractivity contribution is 0.218. The summed E-state index contributed by atoms with van der Waals surface area (Å²) in [5.74, 6) is 0.321. The molecular weight excluding hydrogens is 236 g/mol. The van der Waals surface area contributed by atoms with Gasteiger partial charge in [-0.3, -0.25) is 4.68 Å². The molecule has 0 amide bonds. The number of nitrogens with zero attached hydrogens (tertiary/aromatic N) is 2. The maximum atomic E-state index is 9.52. The van der Waals surface area contributed by atoms with Crippen molar-refractivity contribution in [1.29, 1.82) is 0 Å². The van der Waals surface area contributed by atoms with Gasteiger partial charge in [0.25, 0.3) is 0 Å². The highest BCUT2D eigenvalue weighted by atomic mass is 16.3. The Morgan fingerprint density at radius 2 is 2.16 bits per heavy atom. The molecule has 2 aromatic rings. The number of aliphatic hydroxyl groups is 1. The lowest BCUT2D eigenvalue weighted by atomic mass is 9.93. The van der Waals surface area contributed by atoms with E-state index in [-0.39, 0.29) is 6.61 Å². The summed E-state index contributed by atoms with van der Waals surface area (Å²) in [5.41, 5.74) is 3.83. The van der Waals surface area contributed by atoms with Crippen LogP contribution in [-0.4, -0.2) is 21.5 Å². The maximum absolute atomic E-state index is 9.52. The first-order valence-corrected chi connectivity index (χ1v) is 6.81. The molecule has 2 rings (SSSR count). The zero-order chi connectivity index (χ0) is 13.7. The fourth-order valence-corrected chi connectivity index (χ4v) is 2.40. The van der Waals surface area contributed by atoms with Crippen LogP contribution in [0.15, 0.2) is 36.7 Å². The highest BCUT2D eigenvalue weighted by Gasteiger charge is 2.09. The molecule has 0 fully saturated rings. The van der Waals surface area contributed by atoms with Crippen molar-refractivity contribution in [3.63, 3.8) is 0 Å². The van der Waals surface area contributed by atoms with E-state index in [1.165, 1.54) is 16.7 Å². The first kappa shape index (κ1) is 13.8. The summed E-state index contributed by atoms with van der Waals surface area (Å²) >= 11 is 0. The third kappa shape index (κ3) is 4.21. The summed E-state index contributed by atoms with van der Waals surface area (Å²) in [5, 5.41) is 13.7. The van der Waals surface area contributed by atoms with Gasteiger partial charge in [0.05, 0.1) is 6.20 Å². The highest BCUT2D eigenvalue weighted by molar-refractivity contribution is 5.22. The zero-order valence-corrected chi connectivity index (χ0v) is 11.7. The lowest BCUT2D eigenvalue weighted by Crippen LogP contribution is -2.11. The van der Waals surface area contributed by atoms with Crippen LogP contribution in [0.5, 0.6) is 0 Å². The summed E-state index contributed by atoms with van der Waals surface area (Å²) in [4.78, 5) is 0. The van der Waals surface area contributed by atoms with Crippen LogP contribution in [0, 0.1) is 12.8 Å². The van der Waals surface area contributed by atoms with Crippen LogP contribution in [0.25, 0.3) is 0 Å². The molecule has 1 atom stereocenters. The Labute approximate surface area is 114 Å². The fraction of sp³-hybridized carbons (Fsp3) is 0.438. The second kappa shape index (κ2) is 6.53. The Morgan fingerprint density at radius 1 is 1.32 bits per heavy atom. The maximum Gasteiger partial charge on any atom is 0.0521 e. The summed E-state index contributed by atoms with van der Waals surface area (Å²) in [6, 6.07) is 8.53. The van der Waals surface area contributed by atoms with E-state index in [0.29, 0.717) is 5.92 Å². The number of rotatable bonds is 6. The predicted molar refractivity (Wildman–Crippen MR) is 77.0 cm³/mol. The third-order valence-electron chi connectivity index (χ3n) is 3.46. The Bertz CT molecular complexity index is 519. The van der Waals surface area contributed by atoms with Crippen LogP contribution in [0.2, 0.25) is 0 Å². The Kier molecular flexibility index (Phi) is 4.74. The second-order valence-electron chi connectivity index (χ2n) is 5.30. The van der Waals surface area contributed by atoms with Gasteiger partial charge in [-0.2, -0.15) is 5.10 Å². The molecule has 1 aromatic heterocycles. The topological polar surface area (TPSA) is 38.1 Å². The quantitative estimate of drug-likeness (QED) is 0.864. The monoisotopic (exact) mass is 258 g/mol. The second-order valence-corrected chi connectivity index (χ2v) is 5.30. The van der Waals surface area contributed by atoms with E-state index >= 15 is 0 Å². The molecule has 0 radical (unpaired) electrons. The number of aliphatic hydroxyl groups excluding tert-OH is 1. The minimum Gasteiger partial charge on any atom is -0.396 e. The van der Waals surface area contributed by atoms with E-state index in [1.54, 1.807) is 0 Å². The number of benzene rings is 1. The van der Waals surface area contributed by atoms with Gasteiger partial charge in [-0.25, -0.2) is 0 Å². The van der Waals surface area contributed by atoms with Crippen LogP contribution in [0.4, 0.5) is 0 Å². The molecule has 1 N–H and O–H groups in total. The van der Waals surface area contributed by atoms with Gasteiger partial charge >= 0.3 is 0 Å². The van der Waals surface area contributed by atoms with Crippen molar-refractivity contribution in [3.8, 4) is 0 Å². The van der Waals surface area contributed by atoms with Gasteiger partial charge in [-0.15, -0.1) is 0 Å². The highest BCUT2D eigenvalue weighted by Crippen LogP contribution is 2.16. The van der Waals surface area contributed by atoms with Crippen molar-refractivity contribution in [2.45, 2.75) is 26.2 Å². The molecular formula is C16H22N2O. The van der Waals surface area contributed by atoms with Gasteiger partial charge in [-0.05, 0) is 43.2 Å². The SMILES string of the molecule is Cc1cccc(CC(CO)CCc2cnn(C)c2)c1. The van der Waals surface area contributed by atoms with Crippen molar-refractivity contribution in [3.05, 3.63) is 53.3 Å². The molecule has 0 saturated heterocycles. The molecule has 0 aliphatic heterocycles. The van der Waals surface area contributed by atoms with E-state index in [1.807, 2.05) is 24.1 Å². The zero-order valence-electron chi connectivity index (χ0n) is 11.7. The molecule has 1 aromatic carbocycles. The minimum absolute atomic E-state index is 0.244. The Hall–Kier alpha value is -1.61. The summed E-state index contributed by atoms with van der Waals surface area (Å²) in [6.07, 6.45) is 6.86. The third-order valence-corrected chi connectivity index (χ3v) is 3.46. The van der Waals surface area contributed by atoms with Crippen molar-refractivity contribution in [1.82, 2.24) is 9.78 Å². The summed E-state index contributed by atoms with van der Waals surface area (Å²) in [7, 11) is 1.93. The minimum atomic E-state index is 0.244. The number of hydrogen-bond acceptors (Lipinski definition) is 2. The van der Waals surface area contributed by atoms with Crippen molar-refractivity contribution >= 4 is 0 Å². The number of hydrogen-bond donors (Lipinski definition) is 1. The molecule has 3 heteroatoms. The largest absolute Gasteiger partial charge is 0.396 e. The number of aromatic nitrogens is 2. The molecule has 0 aliphatic carbocycles. The normalized spacial score (nSPS) is 12.6. The van der Waals surface area contributed by atoms with Crippen LogP contribution >= 0.6 is 0 Å². The van der Waals surface area contributed by atoms with E-state index in [9.17, 15) is 5.11 Å². The predicted octanol–water partition coefficient (Wildman–Crippen LogP) is 2.51. The fourth-order valence-electron chi connectivity index (χ4n) is 2.40. The Morgan fingerprint density at radius 3 is 2.79 bits per heavy atom. The molecule has 1 heterocycles. The molecule has 0 saturated carbocycles. The lowest BCUT2D eigenvalue weighted by Gasteiger charge is -2.14. The average Bonchev–Trinajstić information content (AvgIpc) is 2.80. The molecule has 0 spiro atoms. The smallest absolute Gasteiger partial charge is 0.0521 e. The van der Waals surface area contributed by atoms with Gasteiger partial charge in [0.15, 0.2) is 0 Å². The first-order valence-electron chi connectivity index (χ1n) is 6.81. The molecule has 19 heavy (non-hydrogen) atoms. The number of aryl methyl sites for hydroxylation is 3. The van der Waals surface area contributed by atoms with Crippen LogP contribution in [0.3, 0.4) is 0 Å². The van der Waals surface area contributed by atoms with Gasteiger partial charge < -0.3 is 5.11 Å². The molecule has 0 aliphatic rings. The summed E-state index contributed by atoms with van der Waals surface area (Å²) < 4.78 is 1.82. The van der Waals surface area contributed by atoms with Crippen molar-refractivity contribution in [2.75, 3.05) is 6.61 Å². The van der Waals surface area contributed by atoms with Gasteiger partial charge in [-0.1, -0.05) is 29.8 Å². The molecule has 1 unspecified atom stereocenters. The first-order chi connectivity index (χ1) is 9.17. The van der Waals surface area contributed by atoms with Crippen LogP contribution in [-0.2, 0) is 19.9 Å². The molecule has 102 valence electrons. The van der Waals surface area contributed by atoms with E-state index in [0.717, 1.165) is 19.3 Å². The van der Waals surface area contributed by atoms with E-state index < -0.39 is 0 Å². The Balaban J connectivity index is 1.89. The van der Waals surface area contributed by atoms with Gasteiger partial charge in [0.2, 0.25) is 0 Å². The van der Waals surface area contributed by atoms with Crippen molar-refractivity contribution in [2.24, 2.45) is 13.0 Å².